The molecule has 28 heavy (non-hydrogen) atoms. The van der Waals surface area contributed by atoms with E-state index in [4.69, 9.17) is 15.2 Å². The Morgan fingerprint density at radius 2 is 1.89 bits per heavy atom. The number of hydrogen-bond donors (Lipinski definition) is 1. The first-order chi connectivity index (χ1) is 13.4. The highest BCUT2D eigenvalue weighted by molar-refractivity contribution is 5.94. The first-order valence-electron chi connectivity index (χ1n) is 8.72. The standard InChI is InChI=1S/C20H20F2N2O4/c21-15-4-6-17(7-5-15)27-13-20(11-18(23)25)12-24(8-9-28-20)19(26)14-2-1-3-16(22)10-14/h1-7,10H,8-9,11-13H2,(H2,23,25). The molecule has 1 heterocycles. The zero-order chi connectivity index (χ0) is 20.1. The van der Waals surface area contributed by atoms with Crippen molar-refractivity contribution in [2.24, 2.45) is 5.73 Å². The van der Waals surface area contributed by atoms with Gasteiger partial charge in [-0.1, -0.05) is 6.07 Å². The number of amides is 2. The van der Waals surface area contributed by atoms with Crippen LogP contribution < -0.4 is 10.5 Å². The Morgan fingerprint density at radius 1 is 1.14 bits per heavy atom. The van der Waals surface area contributed by atoms with Crippen molar-refractivity contribution < 1.29 is 27.8 Å². The van der Waals surface area contributed by atoms with E-state index in [9.17, 15) is 18.4 Å². The van der Waals surface area contributed by atoms with Crippen LogP contribution in [0.5, 0.6) is 5.75 Å². The summed E-state index contributed by atoms with van der Waals surface area (Å²) in [4.78, 5) is 25.8. The summed E-state index contributed by atoms with van der Waals surface area (Å²) in [5, 5.41) is 0. The molecule has 0 saturated carbocycles. The quantitative estimate of drug-likeness (QED) is 0.819. The van der Waals surface area contributed by atoms with E-state index in [1.54, 1.807) is 0 Å². The van der Waals surface area contributed by atoms with Gasteiger partial charge in [-0.15, -0.1) is 0 Å². The van der Waals surface area contributed by atoms with Gasteiger partial charge in [-0.3, -0.25) is 9.59 Å². The maximum absolute atomic E-state index is 13.5. The summed E-state index contributed by atoms with van der Waals surface area (Å²) in [5.41, 5.74) is 4.42. The van der Waals surface area contributed by atoms with Crippen LogP contribution in [0.4, 0.5) is 8.78 Å². The second-order valence-electron chi connectivity index (χ2n) is 6.65. The number of carbonyl (C=O) groups excluding carboxylic acids is 2. The van der Waals surface area contributed by atoms with Crippen LogP contribution in [0.3, 0.4) is 0 Å². The third kappa shape index (κ3) is 4.83. The average molecular weight is 390 g/mol. The molecule has 1 unspecified atom stereocenters. The van der Waals surface area contributed by atoms with Crippen LogP contribution in [0.2, 0.25) is 0 Å². The fraction of sp³-hybridized carbons (Fsp3) is 0.300. The second kappa shape index (κ2) is 8.35. The Bertz CT molecular complexity index is 860. The molecule has 1 atom stereocenters. The number of ether oxygens (including phenoxy) is 2. The highest BCUT2D eigenvalue weighted by Gasteiger charge is 2.41. The van der Waals surface area contributed by atoms with Crippen LogP contribution in [0.25, 0.3) is 0 Å². The van der Waals surface area contributed by atoms with E-state index in [0.717, 1.165) is 6.07 Å². The van der Waals surface area contributed by atoms with E-state index < -0.39 is 23.1 Å². The molecule has 0 aromatic heterocycles. The summed E-state index contributed by atoms with van der Waals surface area (Å²) in [6.45, 7) is 0.439. The zero-order valence-corrected chi connectivity index (χ0v) is 15.1. The average Bonchev–Trinajstić information content (AvgIpc) is 2.67. The van der Waals surface area contributed by atoms with Gasteiger partial charge in [-0.05, 0) is 42.5 Å². The summed E-state index contributed by atoms with van der Waals surface area (Å²) in [7, 11) is 0. The van der Waals surface area contributed by atoms with Crippen molar-refractivity contribution in [3.63, 3.8) is 0 Å². The summed E-state index contributed by atoms with van der Waals surface area (Å²) in [6, 6.07) is 10.8. The molecule has 0 radical (unpaired) electrons. The number of halogens is 2. The summed E-state index contributed by atoms with van der Waals surface area (Å²) >= 11 is 0. The second-order valence-corrected chi connectivity index (χ2v) is 6.65. The molecule has 0 spiro atoms. The van der Waals surface area contributed by atoms with E-state index >= 15 is 0 Å². The number of morpholine rings is 1. The smallest absolute Gasteiger partial charge is 0.254 e. The number of benzene rings is 2. The minimum absolute atomic E-state index is 0.0481. The molecule has 6 nitrogen and oxygen atoms in total. The van der Waals surface area contributed by atoms with E-state index in [2.05, 4.69) is 0 Å². The van der Waals surface area contributed by atoms with Crippen LogP contribution in [0.1, 0.15) is 16.8 Å². The number of carbonyl (C=O) groups is 2. The molecule has 1 fully saturated rings. The lowest BCUT2D eigenvalue weighted by Gasteiger charge is -2.42. The highest BCUT2D eigenvalue weighted by atomic mass is 19.1. The lowest BCUT2D eigenvalue weighted by Crippen LogP contribution is -2.58. The number of nitrogens with two attached hydrogens (primary N) is 1. The molecule has 2 N–H and O–H groups in total. The normalized spacial score (nSPS) is 19.3. The van der Waals surface area contributed by atoms with Gasteiger partial charge in [0.25, 0.3) is 5.91 Å². The first-order valence-corrected chi connectivity index (χ1v) is 8.72. The van der Waals surface area contributed by atoms with E-state index in [1.807, 2.05) is 0 Å². The molecule has 148 valence electrons. The van der Waals surface area contributed by atoms with Crippen molar-refractivity contribution >= 4 is 11.8 Å². The van der Waals surface area contributed by atoms with Gasteiger partial charge >= 0.3 is 0 Å². The highest BCUT2D eigenvalue weighted by Crippen LogP contribution is 2.25. The van der Waals surface area contributed by atoms with Gasteiger partial charge in [0, 0.05) is 12.1 Å². The van der Waals surface area contributed by atoms with Crippen molar-refractivity contribution in [1.82, 2.24) is 4.90 Å². The third-order valence-corrected chi connectivity index (χ3v) is 4.42. The van der Waals surface area contributed by atoms with E-state index in [1.165, 1.54) is 47.4 Å². The third-order valence-electron chi connectivity index (χ3n) is 4.42. The van der Waals surface area contributed by atoms with Gasteiger partial charge in [-0.25, -0.2) is 8.78 Å². The molecule has 1 aliphatic rings. The Morgan fingerprint density at radius 3 is 2.57 bits per heavy atom. The summed E-state index contributed by atoms with van der Waals surface area (Å²) in [5.74, 6) is -1.51. The Hall–Kier alpha value is -3.00. The fourth-order valence-electron chi connectivity index (χ4n) is 3.13. The minimum Gasteiger partial charge on any atom is -0.490 e. The molecular formula is C20H20F2N2O4. The lowest BCUT2D eigenvalue weighted by molar-refractivity contribution is -0.142. The van der Waals surface area contributed by atoms with Crippen molar-refractivity contribution in [1.29, 1.82) is 0 Å². The van der Waals surface area contributed by atoms with Crippen LogP contribution in [-0.4, -0.2) is 48.6 Å². The monoisotopic (exact) mass is 390 g/mol. The fourth-order valence-corrected chi connectivity index (χ4v) is 3.13. The zero-order valence-electron chi connectivity index (χ0n) is 15.1. The number of hydrogen-bond acceptors (Lipinski definition) is 4. The lowest BCUT2D eigenvalue weighted by atomic mass is 9.97. The maximum atomic E-state index is 13.5. The molecule has 3 rings (SSSR count). The molecule has 2 aromatic carbocycles. The first kappa shape index (κ1) is 19.8. The summed E-state index contributed by atoms with van der Waals surface area (Å²) < 4.78 is 38.0. The van der Waals surface area contributed by atoms with E-state index in [-0.39, 0.29) is 44.2 Å². The maximum Gasteiger partial charge on any atom is 0.254 e. The largest absolute Gasteiger partial charge is 0.490 e. The SMILES string of the molecule is NC(=O)CC1(COc2ccc(F)cc2)CN(C(=O)c2cccc(F)c2)CCO1. The van der Waals surface area contributed by atoms with Crippen LogP contribution in [-0.2, 0) is 9.53 Å². The summed E-state index contributed by atoms with van der Waals surface area (Å²) in [6.07, 6.45) is -0.166. The molecule has 1 saturated heterocycles. The number of primary amides is 1. The van der Waals surface area contributed by atoms with Crippen molar-refractivity contribution in [3.05, 3.63) is 65.7 Å². The van der Waals surface area contributed by atoms with Gasteiger partial charge < -0.3 is 20.1 Å². The van der Waals surface area contributed by atoms with Gasteiger partial charge in [0.05, 0.1) is 19.6 Å². The molecule has 2 amide bonds. The Kier molecular flexibility index (Phi) is 5.89. The molecule has 1 aliphatic heterocycles. The van der Waals surface area contributed by atoms with Crippen molar-refractivity contribution in [2.45, 2.75) is 12.0 Å². The van der Waals surface area contributed by atoms with Crippen LogP contribution in [0, 0.1) is 11.6 Å². The molecule has 0 aliphatic carbocycles. The number of rotatable bonds is 6. The Balaban J connectivity index is 1.76. The van der Waals surface area contributed by atoms with Crippen molar-refractivity contribution in [3.8, 4) is 5.75 Å². The Labute approximate surface area is 160 Å². The predicted molar refractivity (Wildman–Crippen MR) is 96.7 cm³/mol. The van der Waals surface area contributed by atoms with Gasteiger partial charge in [0.15, 0.2) is 0 Å². The molecule has 8 heteroatoms. The predicted octanol–water partition coefficient (Wildman–Crippen LogP) is 2.13. The molecule has 2 aromatic rings. The number of nitrogens with zero attached hydrogens (tertiary/aromatic N) is 1. The topological polar surface area (TPSA) is 81.9 Å². The van der Waals surface area contributed by atoms with Gasteiger partial charge in [0.1, 0.15) is 29.6 Å². The van der Waals surface area contributed by atoms with Gasteiger partial charge in [-0.2, -0.15) is 0 Å². The molecule has 0 bridgehead atoms. The van der Waals surface area contributed by atoms with Gasteiger partial charge in [0.2, 0.25) is 5.91 Å². The van der Waals surface area contributed by atoms with Crippen LogP contribution >= 0.6 is 0 Å². The minimum atomic E-state index is -1.15. The van der Waals surface area contributed by atoms with Crippen LogP contribution in [0.15, 0.2) is 48.5 Å². The van der Waals surface area contributed by atoms with Crippen molar-refractivity contribution in [2.75, 3.05) is 26.3 Å². The van der Waals surface area contributed by atoms with E-state index in [0.29, 0.717) is 5.75 Å². The molecular weight excluding hydrogens is 370 g/mol.